The first-order chi connectivity index (χ1) is 8.22. The molecule has 94 valence electrons. The molecule has 1 unspecified atom stereocenters. The molecule has 1 aromatic heterocycles. The van der Waals surface area contributed by atoms with Crippen molar-refractivity contribution in [1.82, 2.24) is 9.88 Å². The van der Waals surface area contributed by atoms with E-state index in [9.17, 15) is 0 Å². The maximum atomic E-state index is 4.43. The minimum absolute atomic E-state index is 0.558. The van der Waals surface area contributed by atoms with Gasteiger partial charge < -0.3 is 5.32 Å². The fraction of sp³-hybridized carbons (Fsp3) is 0.643. The zero-order chi connectivity index (χ0) is 12.3. The van der Waals surface area contributed by atoms with Gasteiger partial charge >= 0.3 is 0 Å². The van der Waals surface area contributed by atoms with Crippen LogP contribution in [0.1, 0.15) is 44.7 Å². The van der Waals surface area contributed by atoms with Crippen molar-refractivity contribution in [3.8, 4) is 0 Å². The Hall–Kier alpha value is -1.09. The summed E-state index contributed by atoms with van der Waals surface area (Å²) in [4.78, 5) is 7.03. The summed E-state index contributed by atoms with van der Waals surface area (Å²) in [6, 6.07) is 5.46. The first-order valence-electron chi connectivity index (χ1n) is 6.62. The van der Waals surface area contributed by atoms with Gasteiger partial charge in [-0.3, -0.25) is 4.90 Å². The van der Waals surface area contributed by atoms with Crippen molar-refractivity contribution < 1.29 is 0 Å². The standard InChI is InChI=1S/C14H23N3/c1-11(2)17-9-5-4-6-13(17)12-7-8-14(15-3)16-10-12/h7-8,10-11,13H,4-6,9H2,1-3H3,(H,15,16). The predicted octanol–water partition coefficient (Wildman–Crippen LogP) is 3.06. The molecule has 0 radical (unpaired) electrons. The van der Waals surface area contributed by atoms with Gasteiger partial charge in [-0.25, -0.2) is 4.98 Å². The van der Waals surface area contributed by atoms with E-state index in [4.69, 9.17) is 0 Å². The number of hydrogen-bond donors (Lipinski definition) is 1. The SMILES string of the molecule is CNc1ccc(C2CCCCN2C(C)C)cn1. The van der Waals surface area contributed by atoms with Crippen LogP contribution in [0.2, 0.25) is 0 Å². The highest BCUT2D eigenvalue weighted by molar-refractivity contribution is 5.35. The van der Waals surface area contributed by atoms with E-state index in [0.717, 1.165) is 5.82 Å². The van der Waals surface area contributed by atoms with E-state index in [0.29, 0.717) is 12.1 Å². The molecule has 1 atom stereocenters. The number of pyridine rings is 1. The number of likely N-dealkylation sites (tertiary alicyclic amines) is 1. The molecule has 0 amide bonds. The van der Waals surface area contributed by atoms with E-state index in [1.165, 1.54) is 31.4 Å². The number of nitrogens with one attached hydrogen (secondary N) is 1. The molecular formula is C14H23N3. The molecule has 1 fully saturated rings. The first-order valence-corrected chi connectivity index (χ1v) is 6.62. The van der Waals surface area contributed by atoms with Crippen LogP contribution < -0.4 is 5.32 Å². The summed E-state index contributed by atoms with van der Waals surface area (Å²) >= 11 is 0. The van der Waals surface area contributed by atoms with Gasteiger partial charge in [0.2, 0.25) is 0 Å². The first kappa shape index (κ1) is 12.4. The van der Waals surface area contributed by atoms with Gasteiger partial charge in [0.05, 0.1) is 0 Å². The van der Waals surface area contributed by atoms with Crippen LogP contribution in [0.4, 0.5) is 5.82 Å². The van der Waals surface area contributed by atoms with Crippen LogP contribution in [0.25, 0.3) is 0 Å². The van der Waals surface area contributed by atoms with Crippen LogP contribution in [-0.4, -0.2) is 29.5 Å². The van der Waals surface area contributed by atoms with Gasteiger partial charge in [0.1, 0.15) is 5.82 Å². The maximum absolute atomic E-state index is 4.43. The normalized spacial score (nSPS) is 21.8. The van der Waals surface area contributed by atoms with Crippen LogP contribution >= 0.6 is 0 Å². The molecule has 0 aliphatic carbocycles. The molecule has 1 aliphatic rings. The summed E-state index contributed by atoms with van der Waals surface area (Å²) in [5.74, 6) is 0.945. The third kappa shape index (κ3) is 2.78. The lowest BCUT2D eigenvalue weighted by molar-refractivity contribution is 0.112. The van der Waals surface area contributed by atoms with Crippen molar-refractivity contribution in [3.05, 3.63) is 23.9 Å². The maximum Gasteiger partial charge on any atom is 0.125 e. The molecular weight excluding hydrogens is 210 g/mol. The predicted molar refractivity (Wildman–Crippen MR) is 72.2 cm³/mol. The Labute approximate surface area is 104 Å². The molecule has 2 heterocycles. The topological polar surface area (TPSA) is 28.2 Å². The molecule has 1 saturated heterocycles. The van der Waals surface area contributed by atoms with Crippen LogP contribution in [0, 0.1) is 0 Å². The van der Waals surface area contributed by atoms with Crippen LogP contribution in [0.3, 0.4) is 0 Å². The van der Waals surface area contributed by atoms with E-state index in [1.807, 2.05) is 13.2 Å². The zero-order valence-corrected chi connectivity index (χ0v) is 11.1. The molecule has 2 rings (SSSR count). The van der Waals surface area contributed by atoms with Gasteiger partial charge in [-0.05, 0) is 44.9 Å². The van der Waals surface area contributed by atoms with Crippen molar-refractivity contribution in [3.63, 3.8) is 0 Å². The second kappa shape index (κ2) is 5.50. The minimum Gasteiger partial charge on any atom is -0.373 e. The largest absolute Gasteiger partial charge is 0.373 e. The van der Waals surface area contributed by atoms with Crippen molar-refractivity contribution >= 4 is 5.82 Å². The number of nitrogens with zero attached hydrogens (tertiary/aromatic N) is 2. The van der Waals surface area contributed by atoms with Crippen molar-refractivity contribution in [1.29, 1.82) is 0 Å². The van der Waals surface area contributed by atoms with Crippen LogP contribution in [0.5, 0.6) is 0 Å². The lowest BCUT2D eigenvalue weighted by atomic mass is 9.95. The minimum atomic E-state index is 0.558. The summed E-state index contributed by atoms with van der Waals surface area (Å²) in [5.41, 5.74) is 1.36. The van der Waals surface area contributed by atoms with Gasteiger partial charge in [-0.2, -0.15) is 0 Å². The molecule has 0 spiro atoms. The monoisotopic (exact) mass is 233 g/mol. The van der Waals surface area contributed by atoms with E-state index < -0.39 is 0 Å². The third-order valence-corrected chi connectivity index (χ3v) is 3.63. The second-order valence-electron chi connectivity index (χ2n) is 5.07. The Morgan fingerprint density at radius 1 is 1.35 bits per heavy atom. The summed E-state index contributed by atoms with van der Waals surface area (Å²) in [5, 5.41) is 3.07. The van der Waals surface area contributed by atoms with Crippen molar-refractivity contribution in [2.75, 3.05) is 18.9 Å². The second-order valence-corrected chi connectivity index (χ2v) is 5.07. The molecule has 3 nitrogen and oxygen atoms in total. The smallest absolute Gasteiger partial charge is 0.125 e. The summed E-state index contributed by atoms with van der Waals surface area (Å²) in [7, 11) is 1.91. The number of aromatic nitrogens is 1. The summed E-state index contributed by atoms with van der Waals surface area (Å²) in [6.07, 6.45) is 5.95. The van der Waals surface area contributed by atoms with Crippen molar-refractivity contribution in [2.24, 2.45) is 0 Å². The molecule has 17 heavy (non-hydrogen) atoms. The fourth-order valence-corrected chi connectivity index (χ4v) is 2.68. The number of anilines is 1. The van der Waals surface area contributed by atoms with Gasteiger partial charge in [0.15, 0.2) is 0 Å². The number of rotatable bonds is 3. The number of piperidine rings is 1. The Kier molecular flexibility index (Phi) is 4.00. The fourth-order valence-electron chi connectivity index (χ4n) is 2.68. The van der Waals surface area contributed by atoms with E-state index >= 15 is 0 Å². The molecule has 1 aliphatic heterocycles. The molecule has 1 aromatic rings. The Bertz CT molecular complexity index is 345. The highest BCUT2D eigenvalue weighted by Gasteiger charge is 2.25. The molecule has 0 bridgehead atoms. The lowest BCUT2D eigenvalue weighted by Gasteiger charge is -2.38. The van der Waals surface area contributed by atoms with E-state index in [2.05, 4.69) is 41.2 Å². The van der Waals surface area contributed by atoms with Crippen molar-refractivity contribution in [2.45, 2.75) is 45.2 Å². The van der Waals surface area contributed by atoms with Gasteiger partial charge in [0, 0.05) is 25.3 Å². The summed E-state index contributed by atoms with van der Waals surface area (Å²) < 4.78 is 0. The van der Waals surface area contributed by atoms with Crippen LogP contribution in [0.15, 0.2) is 18.3 Å². The highest BCUT2D eigenvalue weighted by Crippen LogP contribution is 2.32. The number of hydrogen-bond acceptors (Lipinski definition) is 3. The molecule has 0 saturated carbocycles. The van der Waals surface area contributed by atoms with E-state index in [1.54, 1.807) is 0 Å². The Balaban J connectivity index is 2.17. The average Bonchev–Trinajstić information content (AvgIpc) is 2.39. The quantitative estimate of drug-likeness (QED) is 0.869. The Morgan fingerprint density at radius 2 is 2.18 bits per heavy atom. The average molecular weight is 233 g/mol. The lowest BCUT2D eigenvalue weighted by Crippen LogP contribution is -2.38. The molecule has 0 aromatic carbocycles. The Morgan fingerprint density at radius 3 is 2.76 bits per heavy atom. The van der Waals surface area contributed by atoms with Gasteiger partial charge in [0.25, 0.3) is 0 Å². The van der Waals surface area contributed by atoms with Gasteiger partial charge in [-0.1, -0.05) is 12.5 Å². The zero-order valence-electron chi connectivity index (χ0n) is 11.1. The van der Waals surface area contributed by atoms with E-state index in [-0.39, 0.29) is 0 Å². The molecule has 3 heteroatoms. The summed E-state index contributed by atoms with van der Waals surface area (Å²) in [6.45, 7) is 5.79. The van der Waals surface area contributed by atoms with Crippen LogP contribution in [-0.2, 0) is 0 Å². The third-order valence-electron chi connectivity index (χ3n) is 3.63. The van der Waals surface area contributed by atoms with Gasteiger partial charge in [-0.15, -0.1) is 0 Å². The molecule has 1 N–H and O–H groups in total. The highest BCUT2D eigenvalue weighted by atomic mass is 15.2.